The largest absolute Gasteiger partial charge is 0.300 e. The van der Waals surface area contributed by atoms with E-state index in [-0.39, 0.29) is 11.3 Å². The Morgan fingerprint density at radius 2 is 2.24 bits per heavy atom. The third kappa shape index (κ3) is 2.61. The molecule has 0 atom stereocenters. The Balaban J connectivity index is 2.49. The minimum absolute atomic E-state index is 0.0613. The lowest BCUT2D eigenvalue weighted by atomic mass is 10.2. The average molecular weight is 295 g/mol. The van der Waals surface area contributed by atoms with Crippen molar-refractivity contribution >= 4 is 32.6 Å². The zero-order valence-electron chi connectivity index (χ0n) is 9.31. The first-order valence-electron chi connectivity index (χ1n) is 5.22. The minimum atomic E-state index is -0.113. The number of ketones is 1. The third-order valence-corrected chi connectivity index (χ3v) is 2.98. The summed E-state index contributed by atoms with van der Waals surface area (Å²) in [5.41, 5.74) is 0.551. The summed E-state index contributed by atoms with van der Waals surface area (Å²) in [5.74, 6) is 0.0613. The van der Waals surface area contributed by atoms with E-state index in [9.17, 15) is 9.59 Å². The van der Waals surface area contributed by atoms with Crippen molar-refractivity contribution in [3.63, 3.8) is 0 Å². The van der Waals surface area contributed by atoms with Crippen LogP contribution in [0.1, 0.15) is 13.3 Å². The monoisotopic (exact) mass is 294 g/mol. The van der Waals surface area contributed by atoms with Crippen molar-refractivity contribution in [1.29, 1.82) is 0 Å². The van der Waals surface area contributed by atoms with E-state index < -0.39 is 0 Å². The zero-order chi connectivity index (χ0) is 12.4. The Labute approximate surface area is 106 Å². The summed E-state index contributed by atoms with van der Waals surface area (Å²) < 4.78 is 2.31. The number of fused-ring (bicyclic) bond motifs is 1. The van der Waals surface area contributed by atoms with Crippen molar-refractivity contribution in [3.8, 4) is 0 Å². The molecule has 5 heteroatoms. The van der Waals surface area contributed by atoms with Crippen molar-refractivity contribution in [2.45, 2.75) is 19.9 Å². The van der Waals surface area contributed by atoms with Gasteiger partial charge in [-0.15, -0.1) is 0 Å². The first kappa shape index (κ1) is 12.0. The molecular weight excluding hydrogens is 284 g/mol. The second kappa shape index (κ2) is 4.79. The van der Waals surface area contributed by atoms with E-state index in [1.54, 1.807) is 12.1 Å². The molecule has 4 nitrogen and oxygen atoms in total. The van der Waals surface area contributed by atoms with Crippen molar-refractivity contribution in [2.24, 2.45) is 0 Å². The molecule has 0 saturated carbocycles. The van der Waals surface area contributed by atoms with Crippen LogP contribution in [0.4, 0.5) is 0 Å². The molecule has 2 rings (SSSR count). The van der Waals surface area contributed by atoms with Gasteiger partial charge in [-0.25, -0.2) is 4.98 Å². The standard InChI is InChI=1S/C12H11BrN2O2/c1-8(16)4-5-15-7-14-11-3-2-9(13)6-10(11)12(15)17/h2-3,6-7H,4-5H2,1H3. The number of aryl methyl sites for hydroxylation is 1. The van der Waals surface area contributed by atoms with Crippen LogP contribution in [0.15, 0.2) is 33.8 Å². The van der Waals surface area contributed by atoms with Crippen LogP contribution in [0.2, 0.25) is 0 Å². The smallest absolute Gasteiger partial charge is 0.261 e. The number of benzene rings is 1. The number of hydrogen-bond acceptors (Lipinski definition) is 3. The van der Waals surface area contributed by atoms with Gasteiger partial charge < -0.3 is 0 Å². The molecule has 0 aliphatic rings. The van der Waals surface area contributed by atoms with Gasteiger partial charge in [0.2, 0.25) is 0 Å². The van der Waals surface area contributed by atoms with Gasteiger partial charge in [0, 0.05) is 17.4 Å². The Kier molecular flexibility index (Phi) is 3.38. The number of halogens is 1. The van der Waals surface area contributed by atoms with Crippen LogP contribution >= 0.6 is 15.9 Å². The number of rotatable bonds is 3. The van der Waals surface area contributed by atoms with E-state index in [1.807, 2.05) is 6.07 Å². The van der Waals surface area contributed by atoms with Crippen LogP contribution in [-0.2, 0) is 11.3 Å². The molecule has 88 valence electrons. The van der Waals surface area contributed by atoms with E-state index in [0.29, 0.717) is 23.9 Å². The van der Waals surface area contributed by atoms with Crippen LogP contribution in [0.25, 0.3) is 10.9 Å². The molecule has 17 heavy (non-hydrogen) atoms. The van der Waals surface area contributed by atoms with Gasteiger partial charge in [-0.05, 0) is 25.1 Å². The van der Waals surface area contributed by atoms with E-state index >= 15 is 0 Å². The maximum atomic E-state index is 12.1. The van der Waals surface area contributed by atoms with Gasteiger partial charge in [-0.2, -0.15) is 0 Å². The Morgan fingerprint density at radius 1 is 1.47 bits per heavy atom. The predicted molar refractivity (Wildman–Crippen MR) is 69.0 cm³/mol. The van der Waals surface area contributed by atoms with E-state index in [2.05, 4.69) is 20.9 Å². The van der Waals surface area contributed by atoms with Crippen molar-refractivity contribution in [1.82, 2.24) is 9.55 Å². The quantitative estimate of drug-likeness (QED) is 0.871. The maximum Gasteiger partial charge on any atom is 0.261 e. The molecule has 0 aliphatic heterocycles. The summed E-state index contributed by atoms with van der Waals surface area (Å²) in [7, 11) is 0. The molecule has 0 radical (unpaired) electrons. The SMILES string of the molecule is CC(=O)CCn1cnc2ccc(Br)cc2c1=O. The van der Waals surface area contributed by atoms with Gasteiger partial charge in [-0.1, -0.05) is 15.9 Å². The van der Waals surface area contributed by atoms with Gasteiger partial charge in [0.25, 0.3) is 5.56 Å². The number of hydrogen-bond donors (Lipinski definition) is 0. The molecule has 1 aromatic carbocycles. The van der Waals surface area contributed by atoms with E-state index in [4.69, 9.17) is 0 Å². The third-order valence-electron chi connectivity index (χ3n) is 2.49. The highest BCUT2D eigenvalue weighted by Crippen LogP contribution is 2.14. The van der Waals surface area contributed by atoms with Gasteiger partial charge >= 0.3 is 0 Å². The van der Waals surface area contributed by atoms with Gasteiger partial charge in [-0.3, -0.25) is 14.2 Å². The summed E-state index contributed by atoms with van der Waals surface area (Å²) in [4.78, 5) is 27.2. The molecule has 0 saturated heterocycles. The lowest BCUT2D eigenvalue weighted by Gasteiger charge is -2.05. The highest BCUT2D eigenvalue weighted by molar-refractivity contribution is 9.10. The molecule has 0 unspecified atom stereocenters. The van der Waals surface area contributed by atoms with Gasteiger partial charge in [0.05, 0.1) is 17.2 Å². The van der Waals surface area contributed by atoms with Crippen molar-refractivity contribution in [2.75, 3.05) is 0 Å². The van der Waals surface area contributed by atoms with Crippen LogP contribution in [0.3, 0.4) is 0 Å². The first-order chi connectivity index (χ1) is 8.08. The van der Waals surface area contributed by atoms with Crippen LogP contribution in [-0.4, -0.2) is 15.3 Å². The topological polar surface area (TPSA) is 52.0 Å². The normalized spacial score (nSPS) is 10.7. The van der Waals surface area contributed by atoms with Gasteiger partial charge in [0.1, 0.15) is 5.78 Å². The van der Waals surface area contributed by atoms with E-state index in [1.165, 1.54) is 17.8 Å². The molecule has 0 amide bonds. The van der Waals surface area contributed by atoms with Crippen molar-refractivity contribution < 1.29 is 4.79 Å². The summed E-state index contributed by atoms with van der Waals surface area (Å²) in [6.45, 7) is 1.89. The maximum absolute atomic E-state index is 12.1. The highest BCUT2D eigenvalue weighted by atomic mass is 79.9. The molecular formula is C12H11BrN2O2. The Hall–Kier alpha value is -1.49. The highest BCUT2D eigenvalue weighted by Gasteiger charge is 2.05. The van der Waals surface area contributed by atoms with Crippen LogP contribution < -0.4 is 5.56 Å². The number of aromatic nitrogens is 2. The second-order valence-electron chi connectivity index (χ2n) is 3.86. The second-order valence-corrected chi connectivity index (χ2v) is 4.77. The molecule has 1 heterocycles. The number of carbonyl (C=O) groups is 1. The van der Waals surface area contributed by atoms with E-state index in [0.717, 1.165) is 4.47 Å². The fourth-order valence-corrected chi connectivity index (χ4v) is 1.93. The number of nitrogens with zero attached hydrogens (tertiary/aromatic N) is 2. The van der Waals surface area contributed by atoms with Crippen LogP contribution in [0.5, 0.6) is 0 Å². The summed E-state index contributed by atoms with van der Waals surface area (Å²) >= 11 is 3.32. The molecule has 0 bridgehead atoms. The number of Topliss-reactive ketones (excluding diaryl/α,β-unsaturated/α-hetero) is 1. The molecule has 0 aliphatic carbocycles. The Morgan fingerprint density at radius 3 is 2.94 bits per heavy atom. The average Bonchev–Trinajstić information content (AvgIpc) is 2.29. The molecule has 0 N–H and O–H groups in total. The number of carbonyl (C=O) groups excluding carboxylic acids is 1. The summed E-state index contributed by atoms with van der Waals surface area (Å²) in [6.07, 6.45) is 1.84. The Bertz CT molecular complexity index is 634. The summed E-state index contributed by atoms with van der Waals surface area (Å²) in [5, 5.41) is 0.561. The molecule has 0 fully saturated rings. The molecule has 2 aromatic rings. The van der Waals surface area contributed by atoms with Gasteiger partial charge in [0.15, 0.2) is 0 Å². The lowest BCUT2D eigenvalue weighted by molar-refractivity contribution is -0.117. The first-order valence-corrected chi connectivity index (χ1v) is 6.01. The lowest BCUT2D eigenvalue weighted by Crippen LogP contribution is -2.21. The predicted octanol–water partition coefficient (Wildman–Crippen LogP) is 2.14. The van der Waals surface area contributed by atoms with Crippen LogP contribution in [0, 0.1) is 0 Å². The minimum Gasteiger partial charge on any atom is -0.300 e. The van der Waals surface area contributed by atoms with Crippen molar-refractivity contribution in [3.05, 3.63) is 39.4 Å². The molecule has 1 aromatic heterocycles. The molecule has 0 spiro atoms. The summed E-state index contributed by atoms with van der Waals surface area (Å²) in [6, 6.07) is 5.37. The fraction of sp³-hybridized carbons (Fsp3) is 0.250. The zero-order valence-corrected chi connectivity index (χ0v) is 10.9. The fourth-order valence-electron chi connectivity index (χ4n) is 1.57.